The number of carbonyl (C=O) groups is 1. The Morgan fingerprint density at radius 2 is 1.86 bits per heavy atom. The lowest BCUT2D eigenvalue weighted by Crippen LogP contribution is -2.12. The van der Waals surface area contributed by atoms with Crippen LogP contribution in [-0.2, 0) is 9.53 Å². The average Bonchev–Trinajstić information content (AvgIpc) is 2.61. The standard InChI is InChI=1S/C18H21Cl3N4O3/c1-4-27-14(26)5-6-22-11-7-12(19)16(13(20)8-11)28-18-15(21)17(23-9-24-18)25-10(2)3/h7-10,22H,4-6H2,1-3H3,(H,23,24,25). The Kier molecular flexibility index (Phi) is 8.41. The first-order chi connectivity index (χ1) is 13.3. The molecule has 0 aliphatic carbocycles. The van der Waals surface area contributed by atoms with E-state index in [0.29, 0.717) is 24.7 Å². The maximum absolute atomic E-state index is 11.4. The van der Waals surface area contributed by atoms with Crippen LogP contribution in [0.5, 0.6) is 11.6 Å². The first kappa shape index (κ1) is 22.3. The predicted octanol–water partition coefficient (Wildman–Crippen LogP) is 5.41. The third kappa shape index (κ3) is 6.29. The van der Waals surface area contributed by atoms with Crippen LogP contribution >= 0.6 is 34.8 Å². The molecule has 0 saturated heterocycles. The Balaban J connectivity index is 2.12. The van der Waals surface area contributed by atoms with Gasteiger partial charge in [0.05, 0.1) is 23.1 Å². The van der Waals surface area contributed by atoms with E-state index in [4.69, 9.17) is 44.3 Å². The van der Waals surface area contributed by atoms with Gasteiger partial charge >= 0.3 is 5.97 Å². The second kappa shape index (κ2) is 10.5. The molecule has 1 aromatic heterocycles. The Bertz CT molecular complexity index is 811. The van der Waals surface area contributed by atoms with Gasteiger partial charge in [-0.3, -0.25) is 4.79 Å². The minimum atomic E-state index is -0.281. The summed E-state index contributed by atoms with van der Waals surface area (Å²) in [4.78, 5) is 19.5. The lowest BCUT2D eigenvalue weighted by atomic mass is 10.3. The summed E-state index contributed by atoms with van der Waals surface area (Å²) in [5.41, 5.74) is 0.641. The van der Waals surface area contributed by atoms with E-state index in [-0.39, 0.29) is 45.1 Å². The SMILES string of the molecule is CCOC(=O)CCNc1cc(Cl)c(Oc2ncnc(NC(C)C)c2Cl)c(Cl)c1. The Morgan fingerprint density at radius 3 is 2.46 bits per heavy atom. The molecule has 152 valence electrons. The van der Waals surface area contributed by atoms with Gasteiger partial charge in [-0.25, -0.2) is 4.98 Å². The molecule has 1 aromatic carbocycles. The summed E-state index contributed by atoms with van der Waals surface area (Å²) < 4.78 is 10.6. The van der Waals surface area contributed by atoms with E-state index in [1.165, 1.54) is 6.33 Å². The molecule has 0 atom stereocenters. The molecule has 0 radical (unpaired) electrons. The summed E-state index contributed by atoms with van der Waals surface area (Å²) >= 11 is 18.9. The molecule has 0 aliphatic heterocycles. The molecule has 0 saturated carbocycles. The molecule has 2 aromatic rings. The van der Waals surface area contributed by atoms with E-state index in [1.54, 1.807) is 19.1 Å². The van der Waals surface area contributed by atoms with Crippen LogP contribution in [0, 0.1) is 0 Å². The summed E-state index contributed by atoms with van der Waals surface area (Å²) in [5, 5.41) is 6.91. The molecule has 1 heterocycles. The van der Waals surface area contributed by atoms with Crippen LogP contribution in [0.25, 0.3) is 0 Å². The maximum atomic E-state index is 11.4. The van der Waals surface area contributed by atoms with Crippen molar-refractivity contribution in [2.45, 2.75) is 33.2 Å². The lowest BCUT2D eigenvalue weighted by Gasteiger charge is -2.15. The number of halogens is 3. The molecular formula is C18H21Cl3N4O3. The topological polar surface area (TPSA) is 85.4 Å². The minimum Gasteiger partial charge on any atom is -0.466 e. The number of nitrogens with one attached hydrogen (secondary N) is 2. The first-order valence-electron chi connectivity index (χ1n) is 8.65. The van der Waals surface area contributed by atoms with Crippen LogP contribution in [0.15, 0.2) is 18.5 Å². The van der Waals surface area contributed by atoms with Gasteiger partial charge < -0.3 is 20.1 Å². The zero-order valence-corrected chi connectivity index (χ0v) is 18.0. The van der Waals surface area contributed by atoms with E-state index in [1.807, 2.05) is 13.8 Å². The fourth-order valence-corrected chi connectivity index (χ4v) is 2.95. The summed E-state index contributed by atoms with van der Waals surface area (Å²) in [7, 11) is 0. The molecule has 0 spiro atoms. The average molecular weight is 448 g/mol. The number of nitrogens with zero attached hydrogens (tertiary/aromatic N) is 2. The monoisotopic (exact) mass is 446 g/mol. The number of esters is 1. The van der Waals surface area contributed by atoms with Gasteiger partial charge in [-0.2, -0.15) is 4.98 Å². The van der Waals surface area contributed by atoms with E-state index in [2.05, 4.69) is 20.6 Å². The summed E-state index contributed by atoms with van der Waals surface area (Å²) in [6.45, 7) is 6.41. The highest BCUT2D eigenvalue weighted by atomic mass is 35.5. The van der Waals surface area contributed by atoms with Crippen LogP contribution in [0.3, 0.4) is 0 Å². The highest BCUT2D eigenvalue weighted by Crippen LogP contribution is 2.41. The number of rotatable bonds is 9. The van der Waals surface area contributed by atoms with E-state index in [0.717, 1.165) is 0 Å². The summed E-state index contributed by atoms with van der Waals surface area (Å²) in [5.74, 6) is 0.518. The molecule has 10 heteroatoms. The fraction of sp³-hybridized carbons (Fsp3) is 0.389. The van der Waals surface area contributed by atoms with Crippen molar-refractivity contribution < 1.29 is 14.3 Å². The summed E-state index contributed by atoms with van der Waals surface area (Å²) in [6, 6.07) is 3.40. The largest absolute Gasteiger partial charge is 0.466 e. The van der Waals surface area contributed by atoms with Gasteiger partial charge in [0.2, 0.25) is 5.88 Å². The molecule has 0 unspecified atom stereocenters. The smallest absolute Gasteiger partial charge is 0.307 e. The van der Waals surface area contributed by atoms with Gasteiger partial charge in [0, 0.05) is 18.3 Å². The number of benzene rings is 1. The third-order valence-corrected chi connectivity index (χ3v) is 4.25. The molecular weight excluding hydrogens is 427 g/mol. The van der Waals surface area contributed by atoms with Crippen LogP contribution < -0.4 is 15.4 Å². The van der Waals surface area contributed by atoms with Gasteiger partial charge in [-0.05, 0) is 32.9 Å². The molecule has 2 rings (SSSR count). The van der Waals surface area contributed by atoms with Crippen molar-refractivity contribution in [3.05, 3.63) is 33.5 Å². The Labute approximate surface area is 178 Å². The van der Waals surface area contributed by atoms with Crippen molar-refractivity contribution in [3.8, 4) is 11.6 Å². The number of carbonyl (C=O) groups excluding carboxylic acids is 1. The molecule has 7 nitrogen and oxygen atoms in total. The molecule has 28 heavy (non-hydrogen) atoms. The van der Waals surface area contributed by atoms with Gasteiger partial charge in [-0.1, -0.05) is 34.8 Å². The van der Waals surface area contributed by atoms with E-state index < -0.39 is 0 Å². The highest BCUT2D eigenvalue weighted by Gasteiger charge is 2.17. The van der Waals surface area contributed by atoms with Crippen molar-refractivity contribution in [2.75, 3.05) is 23.8 Å². The van der Waals surface area contributed by atoms with Gasteiger partial charge in [-0.15, -0.1) is 0 Å². The van der Waals surface area contributed by atoms with Crippen molar-refractivity contribution in [2.24, 2.45) is 0 Å². The van der Waals surface area contributed by atoms with E-state index in [9.17, 15) is 4.79 Å². The van der Waals surface area contributed by atoms with Crippen LogP contribution in [0.4, 0.5) is 11.5 Å². The number of hydrogen-bond donors (Lipinski definition) is 2. The minimum absolute atomic E-state index is 0.131. The quantitative estimate of drug-likeness (QED) is 0.497. The molecule has 2 N–H and O–H groups in total. The van der Waals surface area contributed by atoms with Crippen molar-refractivity contribution in [3.63, 3.8) is 0 Å². The summed E-state index contributed by atoms with van der Waals surface area (Å²) in [6.07, 6.45) is 1.56. The first-order valence-corrected chi connectivity index (χ1v) is 9.78. The predicted molar refractivity (Wildman–Crippen MR) is 112 cm³/mol. The normalized spacial score (nSPS) is 10.7. The third-order valence-electron chi connectivity index (χ3n) is 3.34. The number of ether oxygens (including phenoxy) is 2. The molecule has 0 amide bonds. The highest BCUT2D eigenvalue weighted by molar-refractivity contribution is 6.38. The maximum Gasteiger partial charge on any atom is 0.307 e. The zero-order chi connectivity index (χ0) is 20.7. The lowest BCUT2D eigenvalue weighted by molar-refractivity contribution is -0.142. The van der Waals surface area contributed by atoms with Gasteiger partial charge in [0.1, 0.15) is 11.3 Å². The van der Waals surface area contributed by atoms with Crippen LogP contribution in [0.1, 0.15) is 27.2 Å². The van der Waals surface area contributed by atoms with Crippen molar-refractivity contribution in [1.82, 2.24) is 9.97 Å². The van der Waals surface area contributed by atoms with Gasteiger partial charge in [0.25, 0.3) is 0 Å². The van der Waals surface area contributed by atoms with Crippen LogP contribution in [-0.4, -0.2) is 35.1 Å². The van der Waals surface area contributed by atoms with Crippen LogP contribution in [0.2, 0.25) is 15.1 Å². The number of hydrogen-bond acceptors (Lipinski definition) is 7. The fourth-order valence-electron chi connectivity index (χ4n) is 2.20. The zero-order valence-electron chi connectivity index (χ0n) is 15.7. The van der Waals surface area contributed by atoms with Crippen molar-refractivity contribution >= 4 is 52.3 Å². The van der Waals surface area contributed by atoms with E-state index >= 15 is 0 Å². The van der Waals surface area contributed by atoms with Crippen molar-refractivity contribution in [1.29, 1.82) is 0 Å². The molecule has 0 fully saturated rings. The second-order valence-corrected chi connectivity index (χ2v) is 7.19. The molecule has 0 bridgehead atoms. The molecule has 0 aliphatic rings. The second-order valence-electron chi connectivity index (χ2n) is 5.99. The number of aromatic nitrogens is 2. The Morgan fingerprint density at radius 1 is 1.18 bits per heavy atom. The van der Waals surface area contributed by atoms with Gasteiger partial charge in [0.15, 0.2) is 11.6 Å². The number of anilines is 2. The Hall–Kier alpha value is -1.96.